The number of hydrogen-bond acceptors (Lipinski definition) is 6. The van der Waals surface area contributed by atoms with E-state index in [1.807, 2.05) is 0 Å². The van der Waals surface area contributed by atoms with Gasteiger partial charge in [-0.05, 0) is 37.6 Å². The summed E-state index contributed by atoms with van der Waals surface area (Å²) in [6.07, 6.45) is 0. The minimum atomic E-state index is -0.676. The Bertz CT molecular complexity index is 834. The SMILES string of the molecule is CCOc1ccccc1C(=O)OCC(=O)Nc1ccc([N+](=O)[O-])cc1C. The third-order valence-electron chi connectivity index (χ3n) is 3.44. The van der Waals surface area contributed by atoms with Crippen molar-refractivity contribution in [2.45, 2.75) is 13.8 Å². The van der Waals surface area contributed by atoms with Crippen LogP contribution >= 0.6 is 0 Å². The summed E-state index contributed by atoms with van der Waals surface area (Å²) in [5.74, 6) is -0.847. The lowest BCUT2D eigenvalue weighted by atomic mass is 10.2. The van der Waals surface area contributed by atoms with Crippen LogP contribution in [0.15, 0.2) is 42.5 Å². The fraction of sp³-hybridized carbons (Fsp3) is 0.222. The summed E-state index contributed by atoms with van der Waals surface area (Å²) in [6, 6.07) is 10.6. The second-order valence-electron chi connectivity index (χ2n) is 5.31. The molecule has 0 fully saturated rings. The fourth-order valence-corrected chi connectivity index (χ4v) is 2.21. The molecule has 1 amide bonds. The molecule has 0 bridgehead atoms. The highest BCUT2D eigenvalue weighted by molar-refractivity contribution is 5.97. The van der Waals surface area contributed by atoms with Crippen molar-refractivity contribution < 1.29 is 24.0 Å². The molecule has 0 spiro atoms. The maximum absolute atomic E-state index is 12.1. The Morgan fingerprint density at radius 1 is 1.19 bits per heavy atom. The number of nitrogens with one attached hydrogen (secondary N) is 1. The van der Waals surface area contributed by atoms with Gasteiger partial charge >= 0.3 is 5.97 Å². The predicted molar refractivity (Wildman–Crippen MR) is 94.4 cm³/mol. The van der Waals surface area contributed by atoms with Crippen LogP contribution in [0.25, 0.3) is 0 Å². The summed E-state index contributed by atoms with van der Waals surface area (Å²) in [5, 5.41) is 13.3. The Labute approximate surface area is 149 Å². The molecule has 8 nitrogen and oxygen atoms in total. The summed E-state index contributed by atoms with van der Waals surface area (Å²) in [7, 11) is 0. The molecule has 8 heteroatoms. The van der Waals surface area contributed by atoms with E-state index in [4.69, 9.17) is 9.47 Å². The monoisotopic (exact) mass is 358 g/mol. The Balaban J connectivity index is 1.97. The number of carbonyl (C=O) groups excluding carboxylic acids is 2. The molecule has 2 aromatic carbocycles. The number of aryl methyl sites for hydroxylation is 1. The Kier molecular flexibility index (Phi) is 6.26. The number of benzene rings is 2. The molecule has 0 aliphatic heterocycles. The van der Waals surface area contributed by atoms with Crippen molar-refractivity contribution in [3.05, 3.63) is 63.7 Å². The fourth-order valence-electron chi connectivity index (χ4n) is 2.21. The van der Waals surface area contributed by atoms with Gasteiger partial charge in [-0.25, -0.2) is 4.79 Å². The van der Waals surface area contributed by atoms with Crippen LogP contribution in [0, 0.1) is 17.0 Å². The van der Waals surface area contributed by atoms with Gasteiger partial charge in [-0.15, -0.1) is 0 Å². The summed E-state index contributed by atoms with van der Waals surface area (Å²) in [6.45, 7) is 3.33. The Morgan fingerprint density at radius 3 is 2.58 bits per heavy atom. The van der Waals surface area contributed by atoms with E-state index in [1.54, 1.807) is 38.1 Å². The lowest BCUT2D eigenvalue weighted by molar-refractivity contribution is -0.384. The number of non-ortho nitro benzene ring substituents is 1. The molecule has 26 heavy (non-hydrogen) atoms. The van der Waals surface area contributed by atoms with E-state index in [9.17, 15) is 19.7 Å². The van der Waals surface area contributed by atoms with Crippen molar-refractivity contribution in [1.82, 2.24) is 0 Å². The molecule has 0 aliphatic rings. The normalized spacial score (nSPS) is 10.1. The average molecular weight is 358 g/mol. The van der Waals surface area contributed by atoms with Crippen molar-refractivity contribution >= 4 is 23.3 Å². The largest absolute Gasteiger partial charge is 0.493 e. The number of esters is 1. The number of para-hydroxylation sites is 1. The van der Waals surface area contributed by atoms with Crippen LogP contribution in [0.3, 0.4) is 0 Å². The first-order valence-electron chi connectivity index (χ1n) is 7.86. The van der Waals surface area contributed by atoms with Gasteiger partial charge in [-0.2, -0.15) is 0 Å². The molecule has 136 valence electrons. The zero-order valence-electron chi connectivity index (χ0n) is 14.4. The maximum atomic E-state index is 12.1. The molecule has 2 aromatic rings. The quantitative estimate of drug-likeness (QED) is 0.463. The number of nitro benzene ring substituents is 1. The van der Waals surface area contributed by atoms with Crippen molar-refractivity contribution in [3.8, 4) is 5.75 Å². The number of rotatable bonds is 7. The van der Waals surface area contributed by atoms with E-state index in [-0.39, 0.29) is 11.3 Å². The summed E-state index contributed by atoms with van der Waals surface area (Å²) >= 11 is 0. The maximum Gasteiger partial charge on any atom is 0.342 e. The minimum Gasteiger partial charge on any atom is -0.493 e. The molecular formula is C18H18N2O6. The minimum absolute atomic E-state index is 0.0699. The Hall–Kier alpha value is -3.42. The molecule has 0 aromatic heterocycles. The zero-order chi connectivity index (χ0) is 19.1. The first-order valence-corrected chi connectivity index (χ1v) is 7.86. The van der Waals surface area contributed by atoms with Crippen LogP contribution in [0.5, 0.6) is 5.75 Å². The van der Waals surface area contributed by atoms with Crippen LogP contribution in [0.2, 0.25) is 0 Å². The third kappa shape index (κ3) is 4.79. The molecule has 0 saturated carbocycles. The smallest absolute Gasteiger partial charge is 0.342 e. The number of nitrogens with zero attached hydrogens (tertiary/aromatic N) is 1. The first-order chi connectivity index (χ1) is 12.4. The van der Waals surface area contributed by atoms with Crippen molar-refractivity contribution in [3.63, 3.8) is 0 Å². The van der Waals surface area contributed by atoms with Crippen LogP contribution in [-0.2, 0) is 9.53 Å². The second kappa shape index (κ2) is 8.61. The van der Waals surface area contributed by atoms with Crippen LogP contribution in [0.1, 0.15) is 22.8 Å². The zero-order valence-corrected chi connectivity index (χ0v) is 14.4. The lowest BCUT2D eigenvalue weighted by Gasteiger charge is -2.11. The van der Waals surface area contributed by atoms with E-state index < -0.39 is 23.4 Å². The highest BCUT2D eigenvalue weighted by atomic mass is 16.6. The molecule has 2 rings (SSSR count). The van der Waals surface area contributed by atoms with Gasteiger partial charge in [0.1, 0.15) is 11.3 Å². The van der Waals surface area contributed by atoms with Crippen molar-refractivity contribution in [2.75, 3.05) is 18.5 Å². The van der Waals surface area contributed by atoms with Crippen LogP contribution < -0.4 is 10.1 Å². The summed E-state index contributed by atoms with van der Waals surface area (Å²) in [5.41, 5.74) is 1.10. The molecule has 0 unspecified atom stereocenters. The van der Waals surface area contributed by atoms with Crippen LogP contribution in [-0.4, -0.2) is 30.0 Å². The van der Waals surface area contributed by atoms with Crippen LogP contribution in [0.4, 0.5) is 11.4 Å². The number of ether oxygens (including phenoxy) is 2. The van der Waals surface area contributed by atoms with Gasteiger partial charge in [0.2, 0.25) is 0 Å². The predicted octanol–water partition coefficient (Wildman–Crippen LogP) is 3.10. The number of anilines is 1. The number of amides is 1. The summed E-state index contributed by atoms with van der Waals surface area (Å²) in [4.78, 5) is 34.3. The molecule has 0 atom stereocenters. The van der Waals surface area contributed by atoms with E-state index in [0.29, 0.717) is 23.6 Å². The van der Waals surface area contributed by atoms with Crippen molar-refractivity contribution in [2.24, 2.45) is 0 Å². The molecule has 0 saturated heterocycles. The standard InChI is InChI=1S/C18H18N2O6/c1-3-25-16-7-5-4-6-14(16)18(22)26-11-17(21)19-15-9-8-13(20(23)24)10-12(15)2/h4-10H,3,11H2,1-2H3,(H,19,21). The van der Waals surface area contributed by atoms with Crippen molar-refractivity contribution in [1.29, 1.82) is 0 Å². The van der Waals surface area contributed by atoms with Gasteiger partial charge in [-0.1, -0.05) is 12.1 Å². The Morgan fingerprint density at radius 2 is 1.92 bits per heavy atom. The second-order valence-corrected chi connectivity index (χ2v) is 5.31. The van der Waals surface area contributed by atoms with E-state index >= 15 is 0 Å². The van der Waals surface area contributed by atoms with E-state index in [2.05, 4.69) is 5.32 Å². The van der Waals surface area contributed by atoms with Gasteiger partial charge in [-0.3, -0.25) is 14.9 Å². The van der Waals surface area contributed by atoms with Gasteiger partial charge < -0.3 is 14.8 Å². The van der Waals surface area contributed by atoms with E-state index in [1.165, 1.54) is 18.2 Å². The topological polar surface area (TPSA) is 108 Å². The first kappa shape index (κ1) is 18.9. The number of nitro groups is 1. The molecule has 0 heterocycles. The number of hydrogen-bond donors (Lipinski definition) is 1. The van der Waals surface area contributed by atoms with Gasteiger partial charge in [0.15, 0.2) is 6.61 Å². The molecular weight excluding hydrogens is 340 g/mol. The molecule has 0 aliphatic carbocycles. The summed E-state index contributed by atoms with van der Waals surface area (Å²) < 4.78 is 10.4. The molecule has 0 radical (unpaired) electrons. The van der Waals surface area contributed by atoms with Gasteiger partial charge in [0, 0.05) is 17.8 Å². The number of carbonyl (C=O) groups is 2. The third-order valence-corrected chi connectivity index (χ3v) is 3.44. The van der Waals surface area contributed by atoms with E-state index in [0.717, 1.165) is 0 Å². The average Bonchev–Trinajstić information content (AvgIpc) is 2.62. The highest BCUT2D eigenvalue weighted by Gasteiger charge is 2.16. The van der Waals surface area contributed by atoms with Gasteiger partial charge in [0.25, 0.3) is 11.6 Å². The highest BCUT2D eigenvalue weighted by Crippen LogP contribution is 2.21. The lowest BCUT2D eigenvalue weighted by Crippen LogP contribution is -2.21. The molecule has 1 N–H and O–H groups in total. The van der Waals surface area contributed by atoms with Gasteiger partial charge in [0.05, 0.1) is 11.5 Å².